The monoisotopic (exact) mass is 396 g/mol. The van der Waals surface area contributed by atoms with E-state index in [1.165, 1.54) is 20.0 Å². The van der Waals surface area contributed by atoms with Crippen LogP contribution in [0.5, 0.6) is 5.75 Å². The van der Waals surface area contributed by atoms with Crippen LogP contribution >= 0.6 is 0 Å². The van der Waals surface area contributed by atoms with E-state index in [0.717, 1.165) is 11.1 Å². The number of phenols is 1. The van der Waals surface area contributed by atoms with Crippen molar-refractivity contribution in [3.05, 3.63) is 53.6 Å². The van der Waals surface area contributed by atoms with E-state index in [2.05, 4.69) is 31.4 Å². The highest BCUT2D eigenvalue weighted by Crippen LogP contribution is 2.29. The number of benzene rings is 2. The Balaban J connectivity index is 2.17. The van der Waals surface area contributed by atoms with Crippen molar-refractivity contribution in [2.75, 3.05) is 14.1 Å². The number of hydrogen-bond acceptors (Lipinski definition) is 7. The number of phenolic OH excluding ortho intramolecular Hbond substituents is 1. The van der Waals surface area contributed by atoms with Crippen molar-refractivity contribution >= 4 is 29.4 Å². The average molecular weight is 396 g/mol. The molecule has 0 unspecified atom stereocenters. The molecule has 29 heavy (non-hydrogen) atoms. The van der Waals surface area contributed by atoms with Gasteiger partial charge in [-0.1, -0.05) is 18.2 Å². The summed E-state index contributed by atoms with van der Waals surface area (Å²) in [4.78, 5) is 23.3. The van der Waals surface area contributed by atoms with Crippen molar-refractivity contribution in [2.45, 2.75) is 19.4 Å². The van der Waals surface area contributed by atoms with Crippen molar-refractivity contribution in [1.29, 1.82) is 0 Å². The molecule has 0 saturated heterocycles. The molecule has 0 aliphatic carbocycles. The summed E-state index contributed by atoms with van der Waals surface area (Å²) in [5.41, 5.74) is 5.17. The number of aromatic hydroxyl groups is 1. The number of hydrogen-bond donors (Lipinski definition) is 4. The number of carbonyl (C=O) groups is 2. The van der Waals surface area contributed by atoms with Gasteiger partial charge in [0.15, 0.2) is 0 Å². The molecule has 2 aromatic rings. The van der Waals surface area contributed by atoms with E-state index in [-0.39, 0.29) is 29.7 Å². The van der Waals surface area contributed by atoms with E-state index >= 15 is 0 Å². The molecule has 0 bridgehead atoms. The van der Waals surface area contributed by atoms with Crippen molar-refractivity contribution < 1.29 is 14.7 Å². The first-order valence-corrected chi connectivity index (χ1v) is 8.95. The molecular formula is C20H24N6O3. The van der Waals surface area contributed by atoms with Gasteiger partial charge < -0.3 is 21.2 Å². The molecule has 0 aliphatic rings. The zero-order chi connectivity index (χ0) is 21.2. The first-order valence-electron chi connectivity index (χ1n) is 8.95. The molecule has 0 aromatic heterocycles. The molecular weight excluding hydrogens is 372 g/mol. The second kappa shape index (κ2) is 10.5. The van der Waals surface area contributed by atoms with Gasteiger partial charge in [-0.3, -0.25) is 9.59 Å². The molecule has 0 radical (unpaired) electrons. The molecule has 4 N–H and O–H groups in total. The fourth-order valence-electron chi connectivity index (χ4n) is 2.52. The molecule has 9 nitrogen and oxygen atoms in total. The molecule has 0 heterocycles. The summed E-state index contributed by atoms with van der Waals surface area (Å²) < 4.78 is 0. The maximum Gasteiger partial charge on any atom is 0.242 e. The summed E-state index contributed by atoms with van der Waals surface area (Å²) in [5, 5.41) is 27.4. The highest BCUT2D eigenvalue weighted by molar-refractivity contribution is 5.87. The Morgan fingerprint density at radius 1 is 1.10 bits per heavy atom. The SMILES string of the molecule is CN/N=C\c1ccc(/N=N/c2cc(C[C@H](NC(C)=O)C(=O)NC)ccc2O)cc1. The molecule has 2 aromatic carbocycles. The quantitative estimate of drug-likeness (QED) is 0.310. The standard InChI is InChI=1S/C20H24N6O3/c1-13(27)24-18(20(29)21-2)11-15-6-9-19(28)17(10-15)26-25-16-7-4-14(5-8-16)12-23-22-3/h4-10,12,18,22,28H,11H2,1-3H3,(H,21,29)(H,24,27)/b23-12-,26-25+/t18-/m0/s1. The van der Waals surface area contributed by atoms with Crippen LogP contribution < -0.4 is 16.1 Å². The van der Waals surface area contributed by atoms with Gasteiger partial charge in [-0.05, 0) is 35.4 Å². The van der Waals surface area contributed by atoms with Crippen molar-refractivity contribution in [3.63, 3.8) is 0 Å². The molecule has 0 spiro atoms. The lowest BCUT2D eigenvalue weighted by atomic mass is 10.0. The summed E-state index contributed by atoms with van der Waals surface area (Å²) in [6, 6.07) is 11.3. The molecule has 2 amide bonds. The van der Waals surface area contributed by atoms with E-state index < -0.39 is 6.04 Å². The summed E-state index contributed by atoms with van der Waals surface area (Å²) >= 11 is 0. The third kappa shape index (κ3) is 6.73. The Hall–Kier alpha value is -3.75. The molecule has 152 valence electrons. The number of rotatable bonds is 8. The molecule has 9 heteroatoms. The zero-order valence-corrected chi connectivity index (χ0v) is 16.5. The highest BCUT2D eigenvalue weighted by atomic mass is 16.3. The van der Waals surface area contributed by atoms with E-state index in [0.29, 0.717) is 5.69 Å². The van der Waals surface area contributed by atoms with Crippen LogP contribution in [0, 0.1) is 0 Å². The third-order valence-electron chi connectivity index (χ3n) is 3.93. The fraction of sp³-hybridized carbons (Fsp3) is 0.250. The molecule has 0 saturated carbocycles. The minimum atomic E-state index is -0.723. The smallest absolute Gasteiger partial charge is 0.242 e. The van der Waals surface area contributed by atoms with Crippen LogP contribution in [0.2, 0.25) is 0 Å². The van der Waals surface area contributed by atoms with Gasteiger partial charge in [-0.15, -0.1) is 5.11 Å². The Kier molecular flexibility index (Phi) is 7.84. The average Bonchev–Trinajstić information content (AvgIpc) is 2.71. The van der Waals surface area contributed by atoms with Gasteiger partial charge in [-0.2, -0.15) is 10.2 Å². The van der Waals surface area contributed by atoms with Gasteiger partial charge in [0.1, 0.15) is 17.5 Å². The zero-order valence-electron chi connectivity index (χ0n) is 16.5. The van der Waals surface area contributed by atoms with E-state index in [9.17, 15) is 14.7 Å². The summed E-state index contributed by atoms with van der Waals surface area (Å²) in [6.45, 7) is 1.35. The van der Waals surface area contributed by atoms with Crippen LogP contribution in [0.1, 0.15) is 18.1 Å². The predicted octanol–water partition coefficient (Wildman–Crippen LogP) is 2.15. The van der Waals surface area contributed by atoms with Gasteiger partial charge in [0, 0.05) is 27.4 Å². The first kappa shape index (κ1) is 21.5. The minimum Gasteiger partial charge on any atom is -0.506 e. The second-order valence-corrected chi connectivity index (χ2v) is 6.17. The van der Waals surface area contributed by atoms with E-state index in [1.54, 1.807) is 37.5 Å². The Bertz CT molecular complexity index is 909. The fourth-order valence-corrected chi connectivity index (χ4v) is 2.52. The normalized spacial score (nSPS) is 12.1. The summed E-state index contributed by atoms with van der Waals surface area (Å²) in [7, 11) is 3.22. The van der Waals surface area contributed by atoms with Crippen molar-refractivity contribution in [3.8, 4) is 5.75 Å². The second-order valence-electron chi connectivity index (χ2n) is 6.17. The summed E-state index contributed by atoms with van der Waals surface area (Å²) in [6.07, 6.45) is 1.93. The number of nitrogens with zero attached hydrogens (tertiary/aromatic N) is 3. The minimum absolute atomic E-state index is 0.0358. The van der Waals surface area contributed by atoms with Crippen LogP contribution in [0.15, 0.2) is 57.8 Å². The summed E-state index contributed by atoms with van der Waals surface area (Å²) in [5.74, 6) is -0.648. The van der Waals surface area contributed by atoms with Gasteiger partial charge in [0.05, 0.1) is 11.9 Å². The lowest BCUT2D eigenvalue weighted by molar-refractivity contribution is -0.127. The Morgan fingerprint density at radius 3 is 2.45 bits per heavy atom. The third-order valence-corrected chi connectivity index (χ3v) is 3.93. The van der Waals surface area contributed by atoms with Crippen LogP contribution in [0.25, 0.3) is 0 Å². The molecule has 1 atom stereocenters. The topological polar surface area (TPSA) is 128 Å². The number of amides is 2. The van der Waals surface area contributed by atoms with Crippen LogP contribution in [0.3, 0.4) is 0 Å². The maximum absolute atomic E-state index is 12.0. The lowest BCUT2D eigenvalue weighted by Gasteiger charge is -2.16. The molecule has 0 fully saturated rings. The number of likely N-dealkylation sites (N-methyl/N-ethyl adjacent to an activating group) is 1. The molecule has 2 rings (SSSR count). The van der Waals surface area contributed by atoms with Crippen molar-refractivity contribution in [1.82, 2.24) is 16.1 Å². The van der Waals surface area contributed by atoms with Gasteiger partial charge in [-0.25, -0.2) is 0 Å². The van der Waals surface area contributed by atoms with Gasteiger partial charge >= 0.3 is 0 Å². The van der Waals surface area contributed by atoms with E-state index in [1.807, 2.05) is 12.1 Å². The Labute approximate surface area is 168 Å². The lowest BCUT2D eigenvalue weighted by Crippen LogP contribution is -2.46. The van der Waals surface area contributed by atoms with Crippen LogP contribution in [-0.2, 0) is 16.0 Å². The Morgan fingerprint density at radius 2 is 1.83 bits per heavy atom. The van der Waals surface area contributed by atoms with Gasteiger partial charge in [0.25, 0.3) is 0 Å². The first-order chi connectivity index (χ1) is 13.9. The number of azo groups is 1. The number of nitrogens with one attached hydrogen (secondary N) is 3. The largest absolute Gasteiger partial charge is 0.506 e. The molecule has 0 aliphatic heterocycles. The van der Waals surface area contributed by atoms with E-state index in [4.69, 9.17) is 0 Å². The number of hydrazone groups is 1. The number of carbonyl (C=O) groups excluding carboxylic acids is 2. The predicted molar refractivity (Wildman–Crippen MR) is 111 cm³/mol. The van der Waals surface area contributed by atoms with Crippen LogP contribution in [-0.4, -0.2) is 43.3 Å². The maximum atomic E-state index is 12.0. The van der Waals surface area contributed by atoms with Gasteiger partial charge in [0.2, 0.25) is 11.8 Å². The van der Waals surface area contributed by atoms with Crippen molar-refractivity contribution in [2.24, 2.45) is 15.3 Å². The highest BCUT2D eigenvalue weighted by Gasteiger charge is 2.19. The van der Waals surface area contributed by atoms with Crippen LogP contribution in [0.4, 0.5) is 11.4 Å².